The normalized spacial score (nSPS) is 10.7. The summed E-state index contributed by atoms with van der Waals surface area (Å²) in [5.41, 5.74) is 2.45. The van der Waals surface area contributed by atoms with Crippen LogP contribution in [0.2, 0.25) is 0 Å². The van der Waals surface area contributed by atoms with E-state index < -0.39 is 0 Å². The molecular weight excluding hydrogens is 441 g/mol. The Morgan fingerprint density at radius 1 is 0.885 bits per heavy atom. The Morgan fingerprint density at radius 3 is 2.15 bits per heavy atom. The van der Waals surface area contributed by atoms with Crippen molar-refractivity contribution in [2.75, 3.05) is 34.4 Å². The van der Waals surface area contributed by atoms with Gasteiger partial charge in [-0.1, -0.05) is 30.3 Å². The molecule has 2 N–H and O–H groups in total. The molecule has 0 atom stereocenters. The van der Waals surface area contributed by atoms with Crippen LogP contribution >= 0.6 is 24.0 Å². The molecule has 2 rings (SSSR count). The largest absolute Gasteiger partial charge is 0.497 e. The molecule has 5 nitrogen and oxygen atoms in total. The van der Waals surface area contributed by atoms with Crippen LogP contribution in [0.15, 0.2) is 53.5 Å². The molecule has 6 heteroatoms. The number of nitrogens with zero attached hydrogens (tertiary/aromatic N) is 1. The summed E-state index contributed by atoms with van der Waals surface area (Å²) in [4.78, 5) is 4.26. The van der Waals surface area contributed by atoms with Crippen LogP contribution in [0.4, 0.5) is 0 Å². The minimum atomic E-state index is 0. The van der Waals surface area contributed by atoms with E-state index >= 15 is 0 Å². The summed E-state index contributed by atoms with van der Waals surface area (Å²) in [6.45, 7) is 1.61. The fourth-order valence-corrected chi connectivity index (χ4v) is 2.56. The standard InChI is InChI=1S/C20H27N3O2.HI/c1-21-20(22-14-12-16-8-10-18(24-2)11-9-16)23-15-13-17-6-4-5-7-19(17)25-3;/h4-11H,12-15H2,1-3H3,(H2,21,22,23);1H. The minimum absolute atomic E-state index is 0. The second kappa shape index (κ2) is 12.4. The fraction of sp³-hybridized carbons (Fsp3) is 0.350. The average Bonchev–Trinajstić information content (AvgIpc) is 2.67. The molecular formula is C20H28IN3O2. The van der Waals surface area contributed by atoms with Crippen molar-refractivity contribution in [3.63, 3.8) is 0 Å². The van der Waals surface area contributed by atoms with Gasteiger partial charge in [-0.05, 0) is 42.2 Å². The number of rotatable bonds is 8. The highest BCUT2D eigenvalue weighted by Crippen LogP contribution is 2.17. The van der Waals surface area contributed by atoms with Gasteiger partial charge in [-0.15, -0.1) is 24.0 Å². The fourth-order valence-electron chi connectivity index (χ4n) is 2.56. The van der Waals surface area contributed by atoms with Crippen LogP contribution in [-0.4, -0.2) is 40.3 Å². The van der Waals surface area contributed by atoms with Gasteiger partial charge in [0.25, 0.3) is 0 Å². The number of guanidine groups is 1. The maximum Gasteiger partial charge on any atom is 0.190 e. The lowest BCUT2D eigenvalue weighted by molar-refractivity contribution is 0.409. The third-order valence-corrected chi connectivity index (χ3v) is 3.97. The molecule has 142 valence electrons. The first-order valence-corrected chi connectivity index (χ1v) is 8.46. The summed E-state index contributed by atoms with van der Waals surface area (Å²) < 4.78 is 10.5. The van der Waals surface area contributed by atoms with Crippen molar-refractivity contribution in [1.29, 1.82) is 0 Å². The first kappa shape index (κ1) is 22.1. The van der Waals surface area contributed by atoms with Gasteiger partial charge in [0.15, 0.2) is 5.96 Å². The van der Waals surface area contributed by atoms with E-state index in [0.717, 1.165) is 43.4 Å². The number of aliphatic imine (C=N–C) groups is 1. The molecule has 2 aromatic carbocycles. The molecule has 0 saturated heterocycles. The number of hydrogen-bond donors (Lipinski definition) is 2. The molecule has 0 bridgehead atoms. The SMILES string of the molecule is CN=C(NCCc1ccc(OC)cc1)NCCc1ccccc1OC.I. The van der Waals surface area contributed by atoms with Crippen LogP contribution in [0.3, 0.4) is 0 Å². The average molecular weight is 469 g/mol. The van der Waals surface area contributed by atoms with E-state index in [9.17, 15) is 0 Å². The van der Waals surface area contributed by atoms with E-state index in [4.69, 9.17) is 9.47 Å². The second-order valence-electron chi connectivity index (χ2n) is 5.59. The number of ether oxygens (including phenoxy) is 2. The van der Waals surface area contributed by atoms with Crippen molar-refractivity contribution in [3.8, 4) is 11.5 Å². The van der Waals surface area contributed by atoms with Crippen molar-refractivity contribution in [2.24, 2.45) is 4.99 Å². The molecule has 0 saturated carbocycles. The van der Waals surface area contributed by atoms with Gasteiger partial charge < -0.3 is 20.1 Å². The Balaban J connectivity index is 0.00000338. The molecule has 0 aliphatic heterocycles. The summed E-state index contributed by atoms with van der Waals surface area (Å²) >= 11 is 0. The highest BCUT2D eigenvalue weighted by molar-refractivity contribution is 14.0. The quantitative estimate of drug-likeness (QED) is 0.354. The highest BCUT2D eigenvalue weighted by atomic mass is 127. The first-order chi connectivity index (χ1) is 12.3. The Labute approximate surface area is 173 Å². The number of hydrogen-bond acceptors (Lipinski definition) is 3. The van der Waals surface area contributed by atoms with Gasteiger partial charge in [0.2, 0.25) is 0 Å². The molecule has 0 amide bonds. The number of methoxy groups -OCH3 is 2. The number of nitrogens with one attached hydrogen (secondary N) is 2. The predicted molar refractivity (Wildman–Crippen MR) is 118 cm³/mol. The summed E-state index contributed by atoms with van der Waals surface area (Å²) in [6, 6.07) is 16.2. The van der Waals surface area contributed by atoms with E-state index in [1.165, 1.54) is 11.1 Å². The van der Waals surface area contributed by atoms with E-state index in [0.29, 0.717) is 0 Å². The van der Waals surface area contributed by atoms with Crippen LogP contribution in [0.1, 0.15) is 11.1 Å². The lowest BCUT2D eigenvalue weighted by Gasteiger charge is -2.13. The maximum absolute atomic E-state index is 5.38. The lowest BCUT2D eigenvalue weighted by atomic mass is 10.1. The van der Waals surface area contributed by atoms with Crippen LogP contribution in [0.25, 0.3) is 0 Å². The van der Waals surface area contributed by atoms with Gasteiger partial charge in [-0.3, -0.25) is 4.99 Å². The first-order valence-electron chi connectivity index (χ1n) is 8.46. The Morgan fingerprint density at radius 2 is 1.54 bits per heavy atom. The monoisotopic (exact) mass is 469 g/mol. The van der Waals surface area contributed by atoms with Crippen molar-refractivity contribution in [2.45, 2.75) is 12.8 Å². The summed E-state index contributed by atoms with van der Waals surface area (Å²) in [5, 5.41) is 6.67. The molecule has 0 heterocycles. The van der Waals surface area contributed by atoms with Gasteiger partial charge in [0.05, 0.1) is 14.2 Å². The lowest BCUT2D eigenvalue weighted by Crippen LogP contribution is -2.39. The smallest absolute Gasteiger partial charge is 0.190 e. The summed E-state index contributed by atoms with van der Waals surface area (Å²) in [5.74, 6) is 2.61. The maximum atomic E-state index is 5.38. The van der Waals surface area contributed by atoms with Crippen LogP contribution < -0.4 is 20.1 Å². The zero-order valence-corrected chi connectivity index (χ0v) is 17.9. The number of para-hydroxylation sites is 1. The van der Waals surface area contributed by atoms with E-state index in [2.05, 4.69) is 33.8 Å². The van der Waals surface area contributed by atoms with Gasteiger partial charge >= 0.3 is 0 Å². The molecule has 0 aliphatic rings. The zero-order chi connectivity index (χ0) is 17.9. The van der Waals surface area contributed by atoms with Crippen molar-refractivity contribution < 1.29 is 9.47 Å². The molecule has 0 radical (unpaired) electrons. The third kappa shape index (κ3) is 7.11. The van der Waals surface area contributed by atoms with Crippen LogP contribution in [0, 0.1) is 0 Å². The molecule has 26 heavy (non-hydrogen) atoms. The highest BCUT2D eigenvalue weighted by Gasteiger charge is 2.03. The number of benzene rings is 2. The molecule has 0 fully saturated rings. The third-order valence-electron chi connectivity index (χ3n) is 3.97. The molecule has 0 unspecified atom stereocenters. The molecule has 0 aromatic heterocycles. The zero-order valence-electron chi connectivity index (χ0n) is 15.6. The van der Waals surface area contributed by atoms with Crippen LogP contribution in [-0.2, 0) is 12.8 Å². The van der Waals surface area contributed by atoms with Crippen molar-refractivity contribution in [1.82, 2.24) is 10.6 Å². The number of halogens is 1. The second-order valence-corrected chi connectivity index (χ2v) is 5.59. The molecule has 2 aromatic rings. The predicted octanol–water partition coefficient (Wildman–Crippen LogP) is 3.27. The van der Waals surface area contributed by atoms with E-state index in [-0.39, 0.29) is 24.0 Å². The minimum Gasteiger partial charge on any atom is -0.497 e. The van der Waals surface area contributed by atoms with Crippen molar-refractivity contribution >= 4 is 29.9 Å². The van der Waals surface area contributed by atoms with Crippen molar-refractivity contribution in [3.05, 3.63) is 59.7 Å². The Kier molecular flexibility index (Phi) is 10.5. The summed E-state index contributed by atoms with van der Waals surface area (Å²) in [6.07, 6.45) is 1.81. The van der Waals surface area contributed by atoms with Crippen LogP contribution in [0.5, 0.6) is 11.5 Å². The van der Waals surface area contributed by atoms with Gasteiger partial charge in [0, 0.05) is 20.1 Å². The van der Waals surface area contributed by atoms with Gasteiger partial charge in [-0.2, -0.15) is 0 Å². The molecule has 0 aliphatic carbocycles. The van der Waals surface area contributed by atoms with E-state index in [1.807, 2.05) is 30.3 Å². The van der Waals surface area contributed by atoms with Gasteiger partial charge in [-0.25, -0.2) is 0 Å². The summed E-state index contributed by atoms with van der Waals surface area (Å²) in [7, 11) is 5.16. The molecule has 0 spiro atoms. The Hall–Kier alpha value is -1.96. The topological polar surface area (TPSA) is 54.9 Å². The van der Waals surface area contributed by atoms with Gasteiger partial charge in [0.1, 0.15) is 11.5 Å². The Bertz CT molecular complexity index is 675. The van der Waals surface area contributed by atoms with E-state index in [1.54, 1.807) is 21.3 Å².